The maximum atomic E-state index is 5.89. The normalized spacial score (nSPS) is 10.2. The summed E-state index contributed by atoms with van der Waals surface area (Å²) in [4.78, 5) is 1.25. The Hall–Kier alpha value is -1.61. The first-order valence-corrected chi connectivity index (χ1v) is 6.69. The summed E-state index contributed by atoms with van der Waals surface area (Å²) in [5, 5.41) is 3.35. The monoisotopic (exact) mass is 244 g/mol. The standard InChI is InChI=1S/C14H16N2S/c1-10-6-7-12(9-14(10)15)16-11-4-3-5-13(8-11)17-2/h3-9,16H,15H2,1-2H3. The molecule has 0 bridgehead atoms. The van der Waals surface area contributed by atoms with Crippen LogP contribution < -0.4 is 11.1 Å². The average molecular weight is 244 g/mol. The molecule has 2 rings (SSSR count). The molecule has 17 heavy (non-hydrogen) atoms. The van der Waals surface area contributed by atoms with Crippen molar-refractivity contribution in [1.82, 2.24) is 0 Å². The molecule has 3 N–H and O–H groups in total. The van der Waals surface area contributed by atoms with E-state index in [1.54, 1.807) is 11.8 Å². The predicted molar refractivity (Wildman–Crippen MR) is 77.1 cm³/mol. The first kappa shape index (κ1) is 11.9. The molecule has 0 saturated heterocycles. The van der Waals surface area contributed by atoms with Crippen LogP contribution in [-0.2, 0) is 0 Å². The molecule has 3 heteroatoms. The van der Waals surface area contributed by atoms with Crippen LogP contribution in [0.4, 0.5) is 17.1 Å². The van der Waals surface area contributed by atoms with Crippen LogP contribution in [0.5, 0.6) is 0 Å². The summed E-state index contributed by atoms with van der Waals surface area (Å²) in [5.74, 6) is 0. The maximum absolute atomic E-state index is 5.89. The van der Waals surface area contributed by atoms with Crippen molar-refractivity contribution in [3.05, 3.63) is 48.0 Å². The van der Waals surface area contributed by atoms with Crippen LogP contribution in [-0.4, -0.2) is 6.26 Å². The van der Waals surface area contributed by atoms with Gasteiger partial charge in [-0.2, -0.15) is 0 Å². The molecule has 0 aromatic heterocycles. The summed E-state index contributed by atoms with van der Waals surface area (Å²) in [7, 11) is 0. The number of thioether (sulfide) groups is 1. The van der Waals surface area contributed by atoms with E-state index in [9.17, 15) is 0 Å². The van der Waals surface area contributed by atoms with E-state index < -0.39 is 0 Å². The van der Waals surface area contributed by atoms with Gasteiger partial charge in [-0.1, -0.05) is 12.1 Å². The van der Waals surface area contributed by atoms with E-state index in [4.69, 9.17) is 5.73 Å². The Morgan fingerprint density at radius 1 is 1.06 bits per heavy atom. The molecule has 0 atom stereocenters. The zero-order chi connectivity index (χ0) is 12.3. The lowest BCUT2D eigenvalue weighted by Crippen LogP contribution is -1.94. The molecule has 0 fully saturated rings. The first-order valence-electron chi connectivity index (χ1n) is 5.46. The molecule has 0 aliphatic carbocycles. The number of nitrogens with two attached hydrogens (primary N) is 1. The van der Waals surface area contributed by atoms with Gasteiger partial charge in [-0.3, -0.25) is 0 Å². The van der Waals surface area contributed by atoms with Crippen molar-refractivity contribution in [1.29, 1.82) is 0 Å². The van der Waals surface area contributed by atoms with Gasteiger partial charge >= 0.3 is 0 Å². The molecular formula is C14H16N2S. The molecular weight excluding hydrogens is 228 g/mol. The molecule has 2 nitrogen and oxygen atoms in total. The summed E-state index contributed by atoms with van der Waals surface area (Å²) >= 11 is 1.73. The summed E-state index contributed by atoms with van der Waals surface area (Å²) in [6, 6.07) is 14.3. The third-order valence-corrected chi connectivity index (χ3v) is 3.36. The van der Waals surface area contributed by atoms with Gasteiger partial charge in [0.2, 0.25) is 0 Å². The maximum Gasteiger partial charge on any atom is 0.0405 e. The van der Waals surface area contributed by atoms with Crippen LogP contribution >= 0.6 is 11.8 Å². The van der Waals surface area contributed by atoms with E-state index in [2.05, 4.69) is 29.8 Å². The third kappa shape index (κ3) is 2.94. The van der Waals surface area contributed by atoms with Crippen LogP contribution in [0.25, 0.3) is 0 Å². The van der Waals surface area contributed by atoms with E-state index in [1.165, 1.54) is 4.90 Å². The van der Waals surface area contributed by atoms with Gasteiger partial charge in [-0.05, 0) is 49.1 Å². The number of nitrogen functional groups attached to an aromatic ring is 1. The molecule has 0 radical (unpaired) electrons. The SMILES string of the molecule is CSc1cccc(Nc2ccc(C)c(N)c2)c1. The van der Waals surface area contributed by atoms with E-state index in [-0.39, 0.29) is 0 Å². The number of aryl methyl sites for hydroxylation is 1. The molecule has 88 valence electrons. The Bertz CT molecular complexity index is 523. The molecule has 2 aromatic carbocycles. The lowest BCUT2D eigenvalue weighted by Gasteiger charge is -2.09. The van der Waals surface area contributed by atoms with Gasteiger partial charge in [0.15, 0.2) is 0 Å². The molecule has 0 aliphatic heterocycles. The first-order chi connectivity index (χ1) is 8.19. The lowest BCUT2D eigenvalue weighted by atomic mass is 10.2. The van der Waals surface area contributed by atoms with Gasteiger partial charge in [0, 0.05) is 22.0 Å². The van der Waals surface area contributed by atoms with E-state index in [0.29, 0.717) is 0 Å². The van der Waals surface area contributed by atoms with Gasteiger partial charge in [0.25, 0.3) is 0 Å². The Labute approximate surface area is 106 Å². The highest BCUT2D eigenvalue weighted by molar-refractivity contribution is 7.98. The van der Waals surface area contributed by atoms with Crippen LogP contribution in [0.15, 0.2) is 47.4 Å². The van der Waals surface area contributed by atoms with Gasteiger partial charge in [-0.15, -0.1) is 11.8 Å². The highest BCUT2D eigenvalue weighted by atomic mass is 32.2. The molecule has 0 aliphatic rings. The quantitative estimate of drug-likeness (QED) is 0.632. The summed E-state index contributed by atoms with van der Waals surface area (Å²) in [6.07, 6.45) is 2.07. The van der Waals surface area contributed by atoms with Crippen LogP contribution in [0.2, 0.25) is 0 Å². The van der Waals surface area contributed by atoms with Crippen molar-refractivity contribution in [3.63, 3.8) is 0 Å². The van der Waals surface area contributed by atoms with Gasteiger partial charge in [-0.25, -0.2) is 0 Å². The Morgan fingerprint density at radius 3 is 2.53 bits per heavy atom. The van der Waals surface area contributed by atoms with Crippen LogP contribution in [0, 0.1) is 6.92 Å². The van der Waals surface area contributed by atoms with Crippen molar-refractivity contribution in [3.8, 4) is 0 Å². The second-order valence-electron chi connectivity index (χ2n) is 3.93. The fraction of sp³-hybridized carbons (Fsp3) is 0.143. The molecule has 0 heterocycles. The summed E-state index contributed by atoms with van der Waals surface area (Å²) in [6.45, 7) is 2.01. The fourth-order valence-electron chi connectivity index (χ4n) is 1.59. The molecule has 0 spiro atoms. The van der Waals surface area contributed by atoms with Gasteiger partial charge < -0.3 is 11.1 Å². The lowest BCUT2D eigenvalue weighted by molar-refractivity contribution is 1.42. The van der Waals surface area contributed by atoms with E-state index >= 15 is 0 Å². The number of hydrogen-bond acceptors (Lipinski definition) is 3. The van der Waals surface area contributed by atoms with Crippen LogP contribution in [0.1, 0.15) is 5.56 Å². The number of benzene rings is 2. The van der Waals surface area contributed by atoms with Crippen LogP contribution in [0.3, 0.4) is 0 Å². The molecule has 2 aromatic rings. The number of anilines is 3. The Kier molecular flexibility index (Phi) is 3.59. The predicted octanol–water partition coefficient (Wildman–Crippen LogP) is 4.04. The highest BCUT2D eigenvalue weighted by Crippen LogP contribution is 2.24. The third-order valence-electron chi connectivity index (χ3n) is 2.64. The summed E-state index contributed by atoms with van der Waals surface area (Å²) in [5.41, 5.74) is 9.91. The van der Waals surface area contributed by atoms with Crippen molar-refractivity contribution >= 4 is 28.8 Å². The number of nitrogens with one attached hydrogen (secondary N) is 1. The minimum absolute atomic E-state index is 0.816. The zero-order valence-electron chi connectivity index (χ0n) is 10.0. The largest absolute Gasteiger partial charge is 0.398 e. The minimum Gasteiger partial charge on any atom is -0.398 e. The molecule has 0 saturated carbocycles. The summed E-state index contributed by atoms with van der Waals surface area (Å²) < 4.78 is 0. The van der Waals surface area contributed by atoms with Gasteiger partial charge in [0.05, 0.1) is 0 Å². The Morgan fingerprint density at radius 2 is 1.82 bits per heavy atom. The topological polar surface area (TPSA) is 38.0 Å². The number of hydrogen-bond donors (Lipinski definition) is 2. The number of rotatable bonds is 3. The smallest absolute Gasteiger partial charge is 0.0405 e. The van der Waals surface area contributed by atoms with E-state index in [0.717, 1.165) is 22.6 Å². The van der Waals surface area contributed by atoms with Crippen molar-refractivity contribution in [2.45, 2.75) is 11.8 Å². The second-order valence-corrected chi connectivity index (χ2v) is 4.81. The van der Waals surface area contributed by atoms with Gasteiger partial charge in [0.1, 0.15) is 0 Å². The minimum atomic E-state index is 0.816. The molecule has 0 amide bonds. The van der Waals surface area contributed by atoms with Crippen molar-refractivity contribution in [2.75, 3.05) is 17.3 Å². The fourth-order valence-corrected chi connectivity index (χ4v) is 2.05. The second kappa shape index (κ2) is 5.15. The molecule has 0 unspecified atom stereocenters. The zero-order valence-corrected chi connectivity index (χ0v) is 10.8. The van der Waals surface area contributed by atoms with E-state index in [1.807, 2.05) is 31.2 Å². The Balaban J connectivity index is 2.22. The highest BCUT2D eigenvalue weighted by Gasteiger charge is 1.98. The van der Waals surface area contributed by atoms with Crippen molar-refractivity contribution < 1.29 is 0 Å². The van der Waals surface area contributed by atoms with Crippen molar-refractivity contribution in [2.24, 2.45) is 0 Å². The average Bonchev–Trinajstić information content (AvgIpc) is 2.34.